The number of furan rings is 1. The number of carbonyl (C=O) groups is 1. The van der Waals surface area contributed by atoms with E-state index < -0.39 is 6.04 Å². The highest BCUT2D eigenvalue weighted by molar-refractivity contribution is 5.91. The molecule has 0 aliphatic rings. The molecule has 0 saturated carbocycles. The molecular weight excluding hydrogens is 374 g/mol. The maximum absolute atomic E-state index is 12.3. The van der Waals surface area contributed by atoms with Gasteiger partial charge in [0.15, 0.2) is 29.6 Å². The molecule has 0 spiro atoms. The number of aryl methyl sites for hydroxylation is 2. The zero-order valence-corrected chi connectivity index (χ0v) is 16.6. The minimum absolute atomic E-state index is 0.149. The zero-order chi connectivity index (χ0) is 20.5. The van der Waals surface area contributed by atoms with Gasteiger partial charge in [-0.05, 0) is 32.9 Å². The number of amides is 1. The van der Waals surface area contributed by atoms with Crippen LogP contribution < -0.4 is 14.8 Å². The van der Waals surface area contributed by atoms with Crippen LogP contribution in [0, 0.1) is 13.8 Å². The highest BCUT2D eigenvalue weighted by atomic mass is 16.5. The average Bonchev–Trinajstić information content (AvgIpc) is 3.27. The Morgan fingerprint density at radius 1 is 1.28 bits per heavy atom. The fraction of sp³-hybridized carbons (Fsp3) is 0.300. The van der Waals surface area contributed by atoms with Crippen molar-refractivity contribution in [2.45, 2.75) is 26.8 Å². The van der Waals surface area contributed by atoms with Gasteiger partial charge in [-0.3, -0.25) is 4.79 Å². The molecule has 0 bridgehead atoms. The lowest BCUT2D eigenvalue weighted by Gasteiger charge is -2.12. The van der Waals surface area contributed by atoms with Crippen LogP contribution in [0.2, 0.25) is 0 Å². The van der Waals surface area contributed by atoms with Crippen molar-refractivity contribution in [2.75, 3.05) is 13.7 Å². The van der Waals surface area contributed by atoms with Crippen LogP contribution in [0.15, 0.2) is 35.0 Å². The smallest absolute Gasteiger partial charge is 0.258 e. The Labute approximate surface area is 166 Å². The van der Waals surface area contributed by atoms with Crippen molar-refractivity contribution in [3.05, 3.63) is 47.7 Å². The Balaban J connectivity index is 1.49. The van der Waals surface area contributed by atoms with E-state index in [4.69, 9.17) is 13.9 Å². The second-order valence-electron chi connectivity index (χ2n) is 6.67. The molecule has 0 unspecified atom stereocenters. The van der Waals surface area contributed by atoms with Crippen molar-refractivity contribution in [2.24, 2.45) is 0 Å². The number of methoxy groups -OCH3 is 1. The van der Waals surface area contributed by atoms with Gasteiger partial charge in [0, 0.05) is 5.56 Å². The summed E-state index contributed by atoms with van der Waals surface area (Å²) in [5.74, 6) is 2.05. The van der Waals surface area contributed by atoms with Gasteiger partial charge < -0.3 is 19.2 Å². The first-order chi connectivity index (χ1) is 14.0. The maximum atomic E-state index is 12.3. The third-order valence-corrected chi connectivity index (χ3v) is 4.71. The van der Waals surface area contributed by atoms with Gasteiger partial charge in [0.25, 0.3) is 5.91 Å². The highest BCUT2D eigenvalue weighted by Gasteiger charge is 2.19. The quantitative estimate of drug-likeness (QED) is 0.535. The molecule has 1 atom stereocenters. The predicted octanol–water partition coefficient (Wildman–Crippen LogP) is 2.75. The Morgan fingerprint density at radius 3 is 2.79 bits per heavy atom. The Hall–Kier alpha value is -3.62. The molecule has 0 aliphatic carbocycles. The van der Waals surface area contributed by atoms with Crippen molar-refractivity contribution in [1.82, 2.24) is 24.9 Å². The van der Waals surface area contributed by atoms with E-state index in [0.717, 1.165) is 16.7 Å². The molecule has 4 aromatic rings. The number of carbonyl (C=O) groups excluding carboxylic acids is 1. The number of nitrogens with one attached hydrogen (secondary N) is 1. The number of hydrogen-bond acceptors (Lipinski definition) is 7. The molecule has 1 aromatic carbocycles. The summed E-state index contributed by atoms with van der Waals surface area (Å²) in [6, 6.07) is 6.75. The first kappa shape index (κ1) is 18.7. The van der Waals surface area contributed by atoms with Gasteiger partial charge in [-0.15, -0.1) is 5.10 Å². The number of rotatable bonds is 6. The van der Waals surface area contributed by atoms with Crippen molar-refractivity contribution in [1.29, 1.82) is 0 Å². The van der Waals surface area contributed by atoms with Crippen molar-refractivity contribution in [3.63, 3.8) is 0 Å². The summed E-state index contributed by atoms with van der Waals surface area (Å²) in [7, 11) is 1.55. The van der Waals surface area contributed by atoms with Crippen LogP contribution in [-0.4, -0.2) is 39.2 Å². The molecule has 4 rings (SSSR count). The standard InChI is InChI=1S/C20H21N5O4/c1-11-13(3)29-20-17(11)19-23-18(24-25(19)10-21-20)12(2)22-16(26)9-28-15-8-6-5-7-14(15)27-4/h5-8,10,12H,9H2,1-4H3,(H,22,26)/t12-/m1/s1. The summed E-state index contributed by atoms with van der Waals surface area (Å²) in [4.78, 5) is 21.2. The summed E-state index contributed by atoms with van der Waals surface area (Å²) in [6.45, 7) is 5.50. The molecule has 0 aliphatic heterocycles. The molecule has 1 amide bonds. The lowest BCUT2D eigenvalue weighted by Crippen LogP contribution is -2.31. The highest BCUT2D eigenvalue weighted by Crippen LogP contribution is 2.27. The van der Waals surface area contributed by atoms with Crippen molar-refractivity contribution < 1.29 is 18.7 Å². The van der Waals surface area contributed by atoms with Gasteiger partial charge >= 0.3 is 0 Å². The van der Waals surface area contributed by atoms with Crippen LogP contribution >= 0.6 is 0 Å². The molecule has 150 valence electrons. The second-order valence-corrected chi connectivity index (χ2v) is 6.67. The number of hydrogen-bond donors (Lipinski definition) is 1. The van der Waals surface area contributed by atoms with E-state index >= 15 is 0 Å². The summed E-state index contributed by atoms with van der Waals surface area (Å²) < 4.78 is 18.0. The summed E-state index contributed by atoms with van der Waals surface area (Å²) in [6.07, 6.45) is 1.55. The molecule has 0 radical (unpaired) electrons. The lowest BCUT2D eigenvalue weighted by atomic mass is 10.2. The second kappa shape index (κ2) is 7.42. The van der Waals surface area contributed by atoms with Crippen molar-refractivity contribution >= 4 is 22.7 Å². The molecule has 9 heteroatoms. The van der Waals surface area contributed by atoms with Crippen LogP contribution in [0.3, 0.4) is 0 Å². The minimum Gasteiger partial charge on any atom is -0.493 e. The van der Waals surface area contributed by atoms with Gasteiger partial charge in [0.05, 0.1) is 18.5 Å². The van der Waals surface area contributed by atoms with Gasteiger partial charge in [0.1, 0.15) is 12.1 Å². The Bertz CT molecular complexity index is 1200. The van der Waals surface area contributed by atoms with E-state index in [1.807, 2.05) is 32.9 Å². The van der Waals surface area contributed by atoms with E-state index in [-0.39, 0.29) is 12.5 Å². The SMILES string of the molecule is COc1ccccc1OCC(=O)N[C@H](C)c1nc2c3c(C)c(C)oc3ncn2n1. The van der Waals surface area contributed by atoms with Gasteiger partial charge in [0.2, 0.25) is 5.71 Å². The average molecular weight is 395 g/mol. The third-order valence-electron chi connectivity index (χ3n) is 4.71. The molecule has 29 heavy (non-hydrogen) atoms. The number of ether oxygens (including phenoxy) is 2. The lowest BCUT2D eigenvalue weighted by molar-refractivity contribution is -0.123. The van der Waals surface area contributed by atoms with E-state index in [9.17, 15) is 4.79 Å². The fourth-order valence-corrected chi connectivity index (χ4v) is 3.07. The number of para-hydroxylation sites is 2. The van der Waals surface area contributed by atoms with Crippen LogP contribution in [0.5, 0.6) is 11.5 Å². The molecular formula is C20H21N5O4. The van der Waals surface area contributed by atoms with Gasteiger partial charge in [-0.1, -0.05) is 12.1 Å². The van der Waals surface area contributed by atoms with E-state index in [2.05, 4.69) is 20.4 Å². The maximum Gasteiger partial charge on any atom is 0.258 e. The Morgan fingerprint density at radius 2 is 2.03 bits per heavy atom. The van der Waals surface area contributed by atoms with E-state index in [1.54, 1.807) is 30.1 Å². The monoisotopic (exact) mass is 395 g/mol. The molecule has 1 N–H and O–H groups in total. The van der Waals surface area contributed by atoms with E-state index in [0.29, 0.717) is 28.7 Å². The number of aromatic nitrogens is 4. The van der Waals surface area contributed by atoms with Crippen LogP contribution in [0.1, 0.15) is 30.1 Å². The van der Waals surface area contributed by atoms with E-state index in [1.165, 1.54) is 0 Å². The summed E-state index contributed by atoms with van der Waals surface area (Å²) >= 11 is 0. The first-order valence-electron chi connectivity index (χ1n) is 9.14. The fourth-order valence-electron chi connectivity index (χ4n) is 3.07. The zero-order valence-electron chi connectivity index (χ0n) is 16.6. The normalized spacial score (nSPS) is 12.3. The molecule has 0 fully saturated rings. The minimum atomic E-state index is -0.410. The third kappa shape index (κ3) is 3.46. The molecule has 0 saturated heterocycles. The van der Waals surface area contributed by atoms with Crippen LogP contribution in [-0.2, 0) is 4.79 Å². The largest absolute Gasteiger partial charge is 0.493 e. The molecule has 3 aromatic heterocycles. The predicted molar refractivity (Wildman–Crippen MR) is 105 cm³/mol. The van der Waals surface area contributed by atoms with Crippen LogP contribution in [0.25, 0.3) is 16.7 Å². The van der Waals surface area contributed by atoms with Gasteiger partial charge in [-0.25, -0.2) is 14.5 Å². The molecule has 3 heterocycles. The number of fused-ring (bicyclic) bond motifs is 3. The molecule has 9 nitrogen and oxygen atoms in total. The topological polar surface area (TPSA) is 104 Å². The number of benzene rings is 1. The summed E-state index contributed by atoms with van der Waals surface area (Å²) in [5.41, 5.74) is 2.14. The first-order valence-corrected chi connectivity index (χ1v) is 9.14. The van der Waals surface area contributed by atoms with Crippen molar-refractivity contribution in [3.8, 4) is 11.5 Å². The van der Waals surface area contributed by atoms with Gasteiger partial charge in [-0.2, -0.15) is 0 Å². The number of nitrogens with zero attached hydrogens (tertiary/aromatic N) is 4. The summed E-state index contributed by atoms with van der Waals surface area (Å²) in [5, 5.41) is 8.10. The van der Waals surface area contributed by atoms with Crippen LogP contribution in [0.4, 0.5) is 0 Å². The Kier molecular flexibility index (Phi) is 4.79.